The molecule has 1 aromatic rings. The summed E-state index contributed by atoms with van der Waals surface area (Å²) in [6.45, 7) is 3.62. The van der Waals surface area contributed by atoms with Crippen LogP contribution in [-0.2, 0) is 22.5 Å². The van der Waals surface area contributed by atoms with Gasteiger partial charge < -0.3 is 9.64 Å². The highest BCUT2D eigenvalue weighted by molar-refractivity contribution is 5.75. The molecule has 128 valence electrons. The van der Waals surface area contributed by atoms with Crippen molar-refractivity contribution in [1.82, 2.24) is 19.8 Å². The Morgan fingerprint density at radius 3 is 2.52 bits per heavy atom. The van der Waals surface area contributed by atoms with Crippen LogP contribution < -0.4 is 0 Å². The molecule has 0 atom stereocenters. The molecule has 0 spiro atoms. The van der Waals surface area contributed by atoms with E-state index < -0.39 is 0 Å². The van der Waals surface area contributed by atoms with Crippen LogP contribution in [0.25, 0.3) is 0 Å². The van der Waals surface area contributed by atoms with Crippen LogP contribution in [0.1, 0.15) is 30.7 Å². The molecular formula is C17H28N4O2. The number of piperidine rings is 1. The first-order valence-corrected chi connectivity index (χ1v) is 8.29. The minimum atomic E-state index is 0.239. The van der Waals surface area contributed by atoms with Crippen molar-refractivity contribution >= 4 is 5.91 Å². The van der Waals surface area contributed by atoms with Crippen LogP contribution in [0.3, 0.4) is 0 Å². The van der Waals surface area contributed by atoms with Crippen LogP contribution in [0.2, 0.25) is 0 Å². The van der Waals surface area contributed by atoms with E-state index in [1.165, 1.54) is 0 Å². The monoisotopic (exact) mass is 320 g/mol. The molecule has 0 bridgehead atoms. The average Bonchev–Trinajstić information content (AvgIpc) is 2.56. The number of carbonyl (C=O) groups is 1. The fraction of sp³-hybridized carbons (Fsp3) is 0.706. The standard InChI is InChI=1S/C17H28N4O2/c1-20(2)17(22)10-14-4-7-21(8-5-14)13-15-11-18-16(19-12-15)6-9-23-3/h11-12,14H,4-10,13H2,1-3H3. The third kappa shape index (κ3) is 5.88. The van der Waals surface area contributed by atoms with Gasteiger partial charge in [0, 0.05) is 58.5 Å². The molecular weight excluding hydrogens is 292 g/mol. The fourth-order valence-electron chi connectivity index (χ4n) is 2.82. The maximum absolute atomic E-state index is 11.8. The lowest BCUT2D eigenvalue weighted by molar-refractivity contribution is -0.130. The lowest BCUT2D eigenvalue weighted by Gasteiger charge is -2.32. The topological polar surface area (TPSA) is 58.6 Å². The Balaban J connectivity index is 1.74. The van der Waals surface area contributed by atoms with Gasteiger partial charge in [0.25, 0.3) is 0 Å². The minimum Gasteiger partial charge on any atom is -0.384 e. The van der Waals surface area contributed by atoms with Crippen LogP contribution in [0.4, 0.5) is 0 Å². The molecule has 0 radical (unpaired) electrons. The van der Waals surface area contributed by atoms with Gasteiger partial charge in [0.05, 0.1) is 6.61 Å². The van der Waals surface area contributed by atoms with Gasteiger partial charge in [-0.3, -0.25) is 9.69 Å². The van der Waals surface area contributed by atoms with E-state index in [2.05, 4.69) is 14.9 Å². The van der Waals surface area contributed by atoms with E-state index in [0.717, 1.165) is 50.3 Å². The van der Waals surface area contributed by atoms with Crippen LogP contribution in [0, 0.1) is 5.92 Å². The number of ether oxygens (including phenoxy) is 1. The van der Waals surface area contributed by atoms with E-state index in [0.29, 0.717) is 18.9 Å². The largest absolute Gasteiger partial charge is 0.384 e. The Bertz CT molecular complexity index is 482. The molecule has 0 unspecified atom stereocenters. The molecule has 0 N–H and O–H groups in total. The summed E-state index contributed by atoms with van der Waals surface area (Å²) < 4.78 is 5.03. The minimum absolute atomic E-state index is 0.239. The molecule has 0 saturated carbocycles. The maximum Gasteiger partial charge on any atom is 0.222 e. The van der Waals surface area contributed by atoms with Gasteiger partial charge in [-0.2, -0.15) is 0 Å². The van der Waals surface area contributed by atoms with Gasteiger partial charge in [-0.1, -0.05) is 0 Å². The lowest BCUT2D eigenvalue weighted by Crippen LogP contribution is -2.35. The van der Waals surface area contributed by atoms with Crippen LogP contribution in [0.15, 0.2) is 12.4 Å². The summed E-state index contributed by atoms with van der Waals surface area (Å²) in [4.78, 5) is 24.7. The summed E-state index contributed by atoms with van der Waals surface area (Å²) >= 11 is 0. The molecule has 1 amide bonds. The second-order valence-corrected chi connectivity index (χ2v) is 6.46. The Kier molecular flexibility index (Phi) is 6.92. The molecule has 6 nitrogen and oxygen atoms in total. The summed E-state index contributed by atoms with van der Waals surface area (Å²) in [5, 5.41) is 0. The molecule has 23 heavy (non-hydrogen) atoms. The second-order valence-electron chi connectivity index (χ2n) is 6.46. The highest BCUT2D eigenvalue weighted by Gasteiger charge is 2.22. The molecule has 2 rings (SSSR count). The van der Waals surface area contributed by atoms with E-state index in [4.69, 9.17) is 4.74 Å². The molecule has 0 aliphatic carbocycles. The Morgan fingerprint density at radius 2 is 1.96 bits per heavy atom. The van der Waals surface area contributed by atoms with E-state index in [1.807, 2.05) is 26.5 Å². The van der Waals surface area contributed by atoms with Crippen molar-refractivity contribution in [2.75, 3.05) is 40.9 Å². The van der Waals surface area contributed by atoms with E-state index >= 15 is 0 Å². The lowest BCUT2D eigenvalue weighted by atomic mass is 9.93. The number of likely N-dealkylation sites (tertiary alicyclic amines) is 1. The maximum atomic E-state index is 11.8. The van der Waals surface area contributed by atoms with Crippen LogP contribution >= 0.6 is 0 Å². The normalized spacial score (nSPS) is 16.5. The predicted octanol–water partition coefficient (Wildman–Crippen LogP) is 1.36. The molecule has 1 saturated heterocycles. The van der Waals surface area contributed by atoms with Gasteiger partial charge in [0.15, 0.2) is 0 Å². The van der Waals surface area contributed by atoms with Crippen LogP contribution in [-0.4, -0.2) is 66.6 Å². The van der Waals surface area contributed by atoms with E-state index in [9.17, 15) is 4.79 Å². The van der Waals surface area contributed by atoms with Gasteiger partial charge in [0.2, 0.25) is 5.91 Å². The Morgan fingerprint density at radius 1 is 1.30 bits per heavy atom. The van der Waals surface area contributed by atoms with Crippen molar-refractivity contribution in [3.05, 3.63) is 23.8 Å². The fourth-order valence-corrected chi connectivity index (χ4v) is 2.82. The van der Waals surface area contributed by atoms with Crippen molar-refractivity contribution in [2.24, 2.45) is 5.92 Å². The Labute approximate surface area is 138 Å². The van der Waals surface area contributed by atoms with Crippen molar-refractivity contribution in [1.29, 1.82) is 0 Å². The third-order valence-corrected chi connectivity index (χ3v) is 4.36. The SMILES string of the molecule is COCCc1ncc(CN2CCC(CC(=O)N(C)C)CC2)cn1. The molecule has 1 aliphatic rings. The zero-order valence-electron chi connectivity index (χ0n) is 14.5. The quantitative estimate of drug-likeness (QED) is 0.759. The van der Waals surface area contributed by atoms with Gasteiger partial charge in [0.1, 0.15) is 5.82 Å². The van der Waals surface area contributed by atoms with E-state index in [1.54, 1.807) is 12.0 Å². The van der Waals surface area contributed by atoms with Crippen molar-refractivity contribution in [3.63, 3.8) is 0 Å². The third-order valence-electron chi connectivity index (χ3n) is 4.36. The van der Waals surface area contributed by atoms with Crippen molar-refractivity contribution < 1.29 is 9.53 Å². The number of nitrogens with zero attached hydrogens (tertiary/aromatic N) is 4. The Hall–Kier alpha value is -1.53. The van der Waals surface area contributed by atoms with E-state index in [-0.39, 0.29) is 5.91 Å². The van der Waals surface area contributed by atoms with Gasteiger partial charge in [-0.15, -0.1) is 0 Å². The summed E-state index contributed by atoms with van der Waals surface area (Å²) in [5.41, 5.74) is 1.15. The highest BCUT2D eigenvalue weighted by Crippen LogP contribution is 2.22. The molecule has 6 heteroatoms. The summed E-state index contributed by atoms with van der Waals surface area (Å²) in [7, 11) is 5.34. The highest BCUT2D eigenvalue weighted by atomic mass is 16.5. The number of methoxy groups -OCH3 is 1. The molecule has 2 heterocycles. The second kappa shape index (κ2) is 8.93. The number of rotatable bonds is 7. The van der Waals surface area contributed by atoms with Crippen LogP contribution in [0.5, 0.6) is 0 Å². The smallest absolute Gasteiger partial charge is 0.222 e. The summed E-state index contributed by atoms with van der Waals surface area (Å²) in [6.07, 6.45) is 7.44. The number of carbonyl (C=O) groups excluding carboxylic acids is 1. The molecule has 1 fully saturated rings. The van der Waals surface area contributed by atoms with Gasteiger partial charge in [-0.25, -0.2) is 9.97 Å². The van der Waals surface area contributed by atoms with Gasteiger partial charge >= 0.3 is 0 Å². The first-order valence-electron chi connectivity index (χ1n) is 8.29. The number of hydrogen-bond donors (Lipinski definition) is 0. The zero-order valence-corrected chi connectivity index (χ0v) is 14.5. The average molecular weight is 320 g/mol. The number of hydrogen-bond acceptors (Lipinski definition) is 5. The van der Waals surface area contributed by atoms with Crippen molar-refractivity contribution in [3.8, 4) is 0 Å². The summed E-state index contributed by atoms with van der Waals surface area (Å²) in [5.74, 6) is 1.59. The molecule has 1 aromatic heterocycles. The molecule has 0 aromatic carbocycles. The summed E-state index contributed by atoms with van der Waals surface area (Å²) in [6, 6.07) is 0. The molecule has 1 aliphatic heterocycles. The predicted molar refractivity (Wildman–Crippen MR) is 88.9 cm³/mol. The zero-order chi connectivity index (χ0) is 16.7. The first-order chi connectivity index (χ1) is 11.1. The first kappa shape index (κ1) is 17.8. The van der Waals surface area contributed by atoms with Gasteiger partial charge in [-0.05, 0) is 31.8 Å². The number of aromatic nitrogens is 2. The van der Waals surface area contributed by atoms with Crippen molar-refractivity contribution in [2.45, 2.75) is 32.2 Å². The number of amides is 1.